The Hall–Kier alpha value is -9.79. The molecule has 6 heterocycles. The number of para-hydroxylation sites is 8. The van der Waals surface area contributed by atoms with Crippen LogP contribution >= 0.6 is 0 Å². The second kappa shape index (κ2) is 14.4. The van der Waals surface area contributed by atoms with E-state index in [1.165, 1.54) is 0 Å². The average Bonchev–Trinajstić information content (AvgIpc) is 4.33. The highest BCUT2D eigenvalue weighted by atomic mass is 16.3. The Morgan fingerprint density at radius 3 is 1.32 bits per heavy atom. The van der Waals surface area contributed by atoms with E-state index in [0.717, 1.165) is 93.0 Å². The van der Waals surface area contributed by atoms with Crippen molar-refractivity contribution in [1.29, 1.82) is 0 Å². The van der Waals surface area contributed by atoms with Crippen LogP contribution in [0, 0.1) is 0 Å². The largest absolute Gasteiger partial charge is 0.456 e. The average molecular weight is 912 g/mol. The van der Waals surface area contributed by atoms with E-state index in [-0.39, 0.29) is 24.2 Å². The summed E-state index contributed by atoms with van der Waals surface area (Å²) in [5.74, 6) is 1.13. The van der Waals surface area contributed by atoms with Crippen molar-refractivity contribution in [3.05, 3.63) is 224 Å². The van der Waals surface area contributed by atoms with Gasteiger partial charge in [0.25, 0.3) is 0 Å². The molecule has 6 aromatic heterocycles. The monoisotopic (exact) mass is 911 g/mol. The van der Waals surface area contributed by atoms with Gasteiger partial charge in [-0.25, -0.2) is 0 Å². The first kappa shape index (κ1) is 34.5. The molecule has 0 saturated heterocycles. The first-order valence-electron chi connectivity index (χ1n) is 25.6. The van der Waals surface area contributed by atoms with Gasteiger partial charge in [0.15, 0.2) is 5.82 Å². The number of benzene rings is 10. The van der Waals surface area contributed by atoms with Crippen LogP contribution in [0.1, 0.15) is 5.48 Å². The lowest BCUT2D eigenvalue weighted by atomic mass is 10.1. The molecule has 0 saturated carbocycles. The summed E-state index contributed by atoms with van der Waals surface area (Å²) in [4.78, 5) is 16.9. The number of fused-ring (bicyclic) bond motifs is 16. The molecular weight excluding hydrogens is 871 g/mol. The first-order chi connectivity index (χ1) is 36.9. The number of rotatable bonds is 5. The van der Waals surface area contributed by atoms with Gasteiger partial charge in [-0.15, -0.1) is 0 Å². The van der Waals surface area contributed by atoms with Crippen molar-refractivity contribution in [2.75, 3.05) is 0 Å². The van der Waals surface area contributed by atoms with E-state index in [1.54, 1.807) is 0 Å². The Morgan fingerprint density at radius 1 is 0.324 bits per heavy atom. The fourth-order valence-electron chi connectivity index (χ4n) is 11.5. The third-order valence-electron chi connectivity index (χ3n) is 14.4. The standard InChI is InChI=1S/C63H37N7O/c1-9-26-47-38(18-1)39-19-2-10-27-48(39)67(47)54-33-17-34-55(68-49-28-11-7-24-44(49)45-36-37-57-58(60(45)68)46-25-8-16-35-56(46)71-57)59(54)61-64-62(69-50-29-12-3-20-40(50)41-21-4-13-30-51(41)69)66-63(65-61)70-52-31-14-5-22-42(52)43-23-6-15-32-53(43)70/h1-37H/i1D,9D,18D,26D. The second-order valence-corrected chi connectivity index (χ2v) is 18.0. The molecule has 16 aromatic rings. The van der Waals surface area contributed by atoms with Crippen LogP contribution in [0.25, 0.3) is 144 Å². The Morgan fingerprint density at radius 2 is 0.761 bits per heavy atom. The lowest BCUT2D eigenvalue weighted by Gasteiger charge is -2.20. The number of furan rings is 1. The summed E-state index contributed by atoms with van der Waals surface area (Å²) in [5, 5.41) is 9.30. The summed E-state index contributed by atoms with van der Waals surface area (Å²) in [7, 11) is 0. The number of aromatic nitrogens is 7. The normalized spacial score (nSPS) is 13.0. The van der Waals surface area contributed by atoms with Gasteiger partial charge in [0, 0.05) is 48.5 Å². The Balaban J connectivity index is 1.14. The predicted octanol–water partition coefficient (Wildman–Crippen LogP) is 15.8. The zero-order valence-electron chi connectivity index (χ0n) is 41.6. The summed E-state index contributed by atoms with van der Waals surface area (Å²) in [6, 6.07) is 67.0. The van der Waals surface area contributed by atoms with Crippen molar-refractivity contribution >= 4 is 109 Å². The Labute approximate surface area is 409 Å². The maximum atomic E-state index is 9.67. The molecule has 8 heteroatoms. The van der Waals surface area contributed by atoms with Gasteiger partial charge >= 0.3 is 0 Å². The van der Waals surface area contributed by atoms with Gasteiger partial charge in [-0.1, -0.05) is 152 Å². The SMILES string of the molecule is [2H]c1c([2H])c([2H])c2c(c1[2H])c1ccccc1n2-c1cccc(-n2c3ccccc3c3ccc4oc5ccccc5c4c32)c1-c1nc(-n2c3ccccc3c3ccccc32)nc(-n2c3ccccc3c3ccccc32)n1. The molecular formula is C63H37N7O. The Kier molecular flexibility index (Phi) is 6.98. The molecule has 0 amide bonds. The van der Waals surface area contributed by atoms with E-state index in [2.05, 4.69) is 135 Å². The lowest BCUT2D eigenvalue weighted by molar-refractivity contribution is 0.669. The molecule has 71 heavy (non-hydrogen) atoms. The molecule has 0 unspecified atom stereocenters. The van der Waals surface area contributed by atoms with E-state index < -0.39 is 0 Å². The summed E-state index contributed by atoms with van der Waals surface area (Å²) in [5.41, 5.74) is 10.1. The maximum Gasteiger partial charge on any atom is 0.240 e. The van der Waals surface area contributed by atoms with Gasteiger partial charge in [0.05, 0.1) is 71.9 Å². The van der Waals surface area contributed by atoms with Crippen molar-refractivity contribution in [2.24, 2.45) is 0 Å². The minimum atomic E-state index is -0.326. The molecule has 0 N–H and O–H groups in total. The van der Waals surface area contributed by atoms with Crippen LogP contribution in [0.5, 0.6) is 0 Å². The van der Waals surface area contributed by atoms with Crippen molar-refractivity contribution in [3.8, 4) is 34.7 Å². The molecule has 10 aromatic carbocycles. The molecule has 0 aliphatic rings. The number of nitrogens with zero attached hydrogens (tertiary/aromatic N) is 7. The van der Waals surface area contributed by atoms with Crippen LogP contribution in [0.2, 0.25) is 0 Å². The zero-order chi connectivity index (χ0) is 49.8. The van der Waals surface area contributed by atoms with Crippen molar-refractivity contribution in [2.45, 2.75) is 0 Å². The molecule has 0 aliphatic heterocycles. The highest BCUT2D eigenvalue weighted by Gasteiger charge is 2.28. The minimum Gasteiger partial charge on any atom is -0.456 e. The van der Waals surface area contributed by atoms with Gasteiger partial charge in [0.1, 0.15) is 11.2 Å². The lowest BCUT2D eigenvalue weighted by Crippen LogP contribution is -2.12. The number of hydrogen-bond acceptors (Lipinski definition) is 4. The topological polar surface area (TPSA) is 71.5 Å². The van der Waals surface area contributed by atoms with Gasteiger partial charge < -0.3 is 13.6 Å². The third kappa shape index (κ3) is 5.25. The summed E-state index contributed by atoms with van der Waals surface area (Å²) in [6.07, 6.45) is 0. The molecule has 0 fully saturated rings. The maximum absolute atomic E-state index is 9.67. The smallest absolute Gasteiger partial charge is 0.240 e. The van der Waals surface area contributed by atoms with E-state index in [9.17, 15) is 2.74 Å². The van der Waals surface area contributed by atoms with Crippen molar-refractivity contribution < 1.29 is 9.90 Å². The van der Waals surface area contributed by atoms with E-state index in [4.69, 9.17) is 22.1 Å². The van der Waals surface area contributed by atoms with E-state index in [1.807, 2.05) is 83.4 Å². The summed E-state index contributed by atoms with van der Waals surface area (Å²) >= 11 is 0. The van der Waals surface area contributed by atoms with Gasteiger partial charge in [-0.05, 0) is 72.8 Å². The molecule has 16 rings (SSSR count). The predicted molar refractivity (Wildman–Crippen MR) is 290 cm³/mol. The van der Waals surface area contributed by atoms with Gasteiger partial charge in [-0.3, -0.25) is 9.13 Å². The molecule has 0 bridgehead atoms. The van der Waals surface area contributed by atoms with Crippen LogP contribution in [0.4, 0.5) is 0 Å². The van der Waals surface area contributed by atoms with Crippen LogP contribution in [0.3, 0.4) is 0 Å². The van der Waals surface area contributed by atoms with Crippen LogP contribution < -0.4 is 0 Å². The van der Waals surface area contributed by atoms with E-state index >= 15 is 0 Å². The van der Waals surface area contributed by atoms with Crippen LogP contribution in [-0.2, 0) is 0 Å². The first-order valence-corrected chi connectivity index (χ1v) is 23.6. The zero-order valence-corrected chi connectivity index (χ0v) is 37.6. The quantitative estimate of drug-likeness (QED) is 0.172. The molecule has 8 nitrogen and oxygen atoms in total. The number of hydrogen-bond donors (Lipinski definition) is 0. The summed E-state index contributed by atoms with van der Waals surface area (Å²) in [6.45, 7) is 0. The van der Waals surface area contributed by atoms with Crippen molar-refractivity contribution in [3.63, 3.8) is 0 Å². The molecule has 0 atom stereocenters. The van der Waals surface area contributed by atoms with Crippen LogP contribution in [-0.4, -0.2) is 33.2 Å². The highest BCUT2D eigenvalue weighted by Crippen LogP contribution is 2.45. The third-order valence-corrected chi connectivity index (χ3v) is 14.4. The molecule has 330 valence electrons. The van der Waals surface area contributed by atoms with Gasteiger partial charge in [0.2, 0.25) is 11.9 Å². The van der Waals surface area contributed by atoms with Gasteiger partial charge in [-0.2, -0.15) is 15.0 Å². The second-order valence-electron chi connectivity index (χ2n) is 18.0. The van der Waals surface area contributed by atoms with Crippen molar-refractivity contribution in [1.82, 2.24) is 33.2 Å². The summed E-state index contributed by atoms with van der Waals surface area (Å²) < 4.78 is 52.2. The molecule has 0 radical (unpaired) electrons. The fraction of sp³-hybridized carbons (Fsp3) is 0. The minimum absolute atomic E-state index is 0.113. The van der Waals surface area contributed by atoms with E-state index in [0.29, 0.717) is 50.8 Å². The van der Waals surface area contributed by atoms with Crippen LogP contribution in [0.15, 0.2) is 229 Å². The molecule has 0 aliphatic carbocycles. The Bertz CT molecular complexity index is 4920. The molecule has 0 spiro atoms. The fourth-order valence-corrected chi connectivity index (χ4v) is 11.5. The highest BCUT2D eigenvalue weighted by molar-refractivity contribution is 6.25.